The largest absolute Gasteiger partial charge is 0.395 e. The second-order valence-corrected chi connectivity index (χ2v) is 8.15. The van der Waals surface area contributed by atoms with Gasteiger partial charge in [-0.15, -0.1) is 0 Å². The molecule has 1 saturated carbocycles. The molecule has 1 aliphatic heterocycles. The Balaban J connectivity index is 2.09. The molecule has 0 amide bonds. The number of nitrogens with zero attached hydrogens (tertiary/aromatic N) is 1. The highest BCUT2D eigenvalue weighted by atomic mass is 32.2. The second-order valence-electron chi connectivity index (χ2n) is 6.50. The molecule has 2 unspecified atom stereocenters. The van der Waals surface area contributed by atoms with Gasteiger partial charge in [0.05, 0.1) is 6.61 Å². The number of rotatable bonds is 4. The van der Waals surface area contributed by atoms with E-state index in [1.54, 1.807) is 0 Å². The lowest BCUT2D eigenvalue weighted by atomic mass is 9.88. The van der Waals surface area contributed by atoms with E-state index < -0.39 is 10.2 Å². The van der Waals surface area contributed by atoms with Crippen LogP contribution in [0.15, 0.2) is 0 Å². The minimum atomic E-state index is -3.48. The molecule has 0 aromatic rings. The van der Waals surface area contributed by atoms with E-state index >= 15 is 0 Å². The molecule has 5 nitrogen and oxygen atoms in total. The molecule has 0 aromatic heterocycles. The molecule has 1 saturated heterocycles. The van der Waals surface area contributed by atoms with Crippen LogP contribution in [0.5, 0.6) is 0 Å². The van der Waals surface area contributed by atoms with E-state index in [4.69, 9.17) is 0 Å². The molecule has 2 N–H and O–H groups in total. The van der Waals surface area contributed by atoms with Crippen molar-refractivity contribution in [1.82, 2.24) is 9.03 Å². The van der Waals surface area contributed by atoms with Crippen molar-refractivity contribution in [3.8, 4) is 0 Å². The van der Waals surface area contributed by atoms with Crippen molar-refractivity contribution in [2.75, 3.05) is 13.2 Å². The summed E-state index contributed by atoms with van der Waals surface area (Å²) in [5.74, 6) is 0. The molecule has 2 fully saturated rings. The Bertz CT molecular complexity index is 408. The Morgan fingerprint density at radius 1 is 1.26 bits per heavy atom. The molecule has 19 heavy (non-hydrogen) atoms. The van der Waals surface area contributed by atoms with Gasteiger partial charge in [-0.1, -0.05) is 26.7 Å². The summed E-state index contributed by atoms with van der Waals surface area (Å²) in [7, 11) is -3.48. The lowest BCUT2D eigenvalue weighted by Crippen LogP contribution is -2.54. The zero-order chi connectivity index (χ0) is 14.1. The maximum Gasteiger partial charge on any atom is 0.280 e. The van der Waals surface area contributed by atoms with Gasteiger partial charge in [0.15, 0.2) is 0 Å². The molecule has 2 aliphatic rings. The van der Waals surface area contributed by atoms with Crippen LogP contribution >= 0.6 is 0 Å². The molecule has 0 spiro atoms. The first-order valence-corrected chi connectivity index (χ1v) is 8.71. The van der Waals surface area contributed by atoms with E-state index in [0.717, 1.165) is 38.5 Å². The summed E-state index contributed by atoms with van der Waals surface area (Å²) in [5.41, 5.74) is 0.0254. The fourth-order valence-corrected chi connectivity index (χ4v) is 5.13. The number of aliphatic hydroxyl groups excluding tert-OH is 1. The van der Waals surface area contributed by atoms with E-state index in [1.807, 2.05) is 0 Å². The van der Waals surface area contributed by atoms with Gasteiger partial charge in [-0.05, 0) is 31.1 Å². The first kappa shape index (κ1) is 15.2. The zero-order valence-electron chi connectivity index (χ0n) is 11.9. The normalized spacial score (nSPS) is 32.6. The minimum absolute atomic E-state index is 0.0127. The fourth-order valence-electron chi connectivity index (χ4n) is 3.27. The van der Waals surface area contributed by atoms with E-state index in [9.17, 15) is 13.5 Å². The Hall–Kier alpha value is -0.170. The van der Waals surface area contributed by atoms with Gasteiger partial charge in [0.2, 0.25) is 0 Å². The molecule has 0 aromatic carbocycles. The van der Waals surface area contributed by atoms with E-state index in [1.165, 1.54) is 4.31 Å². The van der Waals surface area contributed by atoms with Crippen LogP contribution in [0.3, 0.4) is 0 Å². The third-order valence-corrected chi connectivity index (χ3v) is 6.32. The van der Waals surface area contributed by atoms with Gasteiger partial charge in [-0.3, -0.25) is 0 Å². The van der Waals surface area contributed by atoms with Gasteiger partial charge in [0, 0.05) is 18.6 Å². The summed E-state index contributed by atoms with van der Waals surface area (Å²) < 4.78 is 29.3. The quantitative estimate of drug-likeness (QED) is 0.818. The van der Waals surface area contributed by atoms with Crippen LogP contribution in [0, 0.1) is 5.41 Å². The Morgan fingerprint density at radius 3 is 2.58 bits per heavy atom. The lowest BCUT2D eigenvalue weighted by Gasteiger charge is -2.36. The summed E-state index contributed by atoms with van der Waals surface area (Å²) in [6.45, 7) is 4.67. The average molecular weight is 290 g/mol. The summed E-state index contributed by atoms with van der Waals surface area (Å²) in [5, 5.41) is 9.35. The van der Waals surface area contributed by atoms with Crippen molar-refractivity contribution in [3.05, 3.63) is 0 Å². The molecule has 1 heterocycles. The van der Waals surface area contributed by atoms with Crippen molar-refractivity contribution in [1.29, 1.82) is 0 Å². The molecule has 2 rings (SSSR count). The van der Waals surface area contributed by atoms with Gasteiger partial charge >= 0.3 is 0 Å². The summed E-state index contributed by atoms with van der Waals surface area (Å²) in [4.78, 5) is 0. The van der Waals surface area contributed by atoms with Gasteiger partial charge < -0.3 is 5.11 Å². The van der Waals surface area contributed by atoms with Crippen molar-refractivity contribution in [2.24, 2.45) is 5.41 Å². The van der Waals surface area contributed by atoms with Crippen LogP contribution in [-0.4, -0.2) is 43.1 Å². The highest BCUT2D eigenvalue weighted by Crippen LogP contribution is 2.37. The summed E-state index contributed by atoms with van der Waals surface area (Å²) in [6.07, 6.45) is 5.67. The number of hydrogen-bond acceptors (Lipinski definition) is 3. The molecule has 112 valence electrons. The fraction of sp³-hybridized carbons (Fsp3) is 1.00. The number of aliphatic hydroxyl groups is 1. The zero-order valence-corrected chi connectivity index (χ0v) is 12.7. The molecule has 0 radical (unpaired) electrons. The van der Waals surface area contributed by atoms with Crippen LogP contribution in [0.25, 0.3) is 0 Å². The van der Waals surface area contributed by atoms with E-state index in [2.05, 4.69) is 18.6 Å². The smallest absolute Gasteiger partial charge is 0.280 e. The highest BCUT2D eigenvalue weighted by molar-refractivity contribution is 7.87. The van der Waals surface area contributed by atoms with Crippen molar-refractivity contribution >= 4 is 10.2 Å². The van der Waals surface area contributed by atoms with Crippen LogP contribution in [0.1, 0.15) is 52.4 Å². The van der Waals surface area contributed by atoms with Gasteiger partial charge in [-0.2, -0.15) is 17.4 Å². The maximum absolute atomic E-state index is 12.5. The molecule has 0 bridgehead atoms. The SMILES string of the molecule is CC1(C)CCCC1NS(=O)(=O)N1CCCCC1CO. The number of hydrogen-bond donors (Lipinski definition) is 2. The maximum atomic E-state index is 12.5. The van der Waals surface area contributed by atoms with E-state index in [-0.39, 0.29) is 24.1 Å². The van der Waals surface area contributed by atoms with Gasteiger partial charge in [0.25, 0.3) is 10.2 Å². The van der Waals surface area contributed by atoms with Crippen LogP contribution in [-0.2, 0) is 10.2 Å². The van der Waals surface area contributed by atoms with Crippen molar-refractivity contribution < 1.29 is 13.5 Å². The predicted molar refractivity (Wildman–Crippen MR) is 74.9 cm³/mol. The second kappa shape index (κ2) is 5.68. The Kier molecular flexibility index (Phi) is 4.55. The summed E-state index contributed by atoms with van der Waals surface area (Å²) >= 11 is 0. The topological polar surface area (TPSA) is 69.6 Å². The number of piperidine rings is 1. The first-order chi connectivity index (χ1) is 8.87. The lowest BCUT2D eigenvalue weighted by molar-refractivity contribution is 0.152. The standard InChI is InChI=1S/C13H26N2O3S/c1-13(2)8-5-7-12(13)14-19(17,18)15-9-4-3-6-11(15)10-16/h11-12,14,16H,3-10H2,1-2H3. The van der Waals surface area contributed by atoms with Crippen LogP contribution < -0.4 is 4.72 Å². The predicted octanol–water partition coefficient (Wildman–Crippen LogP) is 1.25. The minimum Gasteiger partial charge on any atom is -0.395 e. The molecular weight excluding hydrogens is 264 g/mol. The highest BCUT2D eigenvalue weighted by Gasteiger charge is 2.40. The number of nitrogens with one attached hydrogen (secondary N) is 1. The van der Waals surface area contributed by atoms with Crippen molar-refractivity contribution in [3.63, 3.8) is 0 Å². The van der Waals surface area contributed by atoms with Crippen LogP contribution in [0.2, 0.25) is 0 Å². The Labute approximate surface area is 116 Å². The molecule has 2 atom stereocenters. The van der Waals surface area contributed by atoms with E-state index in [0.29, 0.717) is 6.54 Å². The van der Waals surface area contributed by atoms with Gasteiger partial charge in [0.1, 0.15) is 0 Å². The van der Waals surface area contributed by atoms with Crippen molar-refractivity contribution in [2.45, 2.75) is 64.5 Å². The molecule has 1 aliphatic carbocycles. The monoisotopic (exact) mass is 290 g/mol. The van der Waals surface area contributed by atoms with Gasteiger partial charge in [-0.25, -0.2) is 0 Å². The average Bonchev–Trinajstić information content (AvgIpc) is 2.68. The molecular formula is C13H26N2O3S. The first-order valence-electron chi connectivity index (χ1n) is 7.27. The third-order valence-electron chi connectivity index (χ3n) is 4.64. The summed E-state index contributed by atoms with van der Waals surface area (Å²) in [6, 6.07) is -0.241. The molecule has 6 heteroatoms. The Morgan fingerprint density at radius 2 is 2.00 bits per heavy atom. The third kappa shape index (κ3) is 3.29. The van der Waals surface area contributed by atoms with Crippen LogP contribution in [0.4, 0.5) is 0 Å².